The Morgan fingerprint density at radius 1 is 1.35 bits per heavy atom. The first-order valence-electron chi connectivity index (χ1n) is 6.86. The van der Waals surface area contributed by atoms with Crippen molar-refractivity contribution in [1.29, 1.82) is 0 Å². The van der Waals surface area contributed by atoms with Crippen molar-refractivity contribution in [3.8, 4) is 12.3 Å². The summed E-state index contributed by atoms with van der Waals surface area (Å²) in [5.74, 6) is 2.55. The van der Waals surface area contributed by atoms with Crippen LogP contribution in [0.25, 0.3) is 5.70 Å². The zero-order chi connectivity index (χ0) is 15.1. The van der Waals surface area contributed by atoms with Crippen molar-refractivity contribution in [2.75, 3.05) is 0 Å². The van der Waals surface area contributed by atoms with Crippen molar-refractivity contribution >= 4 is 5.70 Å². The van der Waals surface area contributed by atoms with Gasteiger partial charge in [-0.1, -0.05) is 37.1 Å². The van der Waals surface area contributed by atoms with Gasteiger partial charge >= 0.3 is 0 Å². The molecule has 20 heavy (non-hydrogen) atoms. The molecule has 0 saturated heterocycles. The number of aryl methyl sites for hydroxylation is 2. The summed E-state index contributed by atoms with van der Waals surface area (Å²) in [4.78, 5) is 0. The van der Waals surface area contributed by atoms with E-state index in [2.05, 4.69) is 63.7 Å². The average molecular weight is 265 g/mol. The molecule has 1 aromatic carbocycles. The Balaban J connectivity index is 3.05. The van der Waals surface area contributed by atoms with Gasteiger partial charge in [-0.05, 0) is 50.5 Å². The first kappa shape index (κ1) is 15.9. The van der Waals surface area contributed by atoms with Gasteiger partial charge in [0.2, 0.25) is 0 Å². The molecule has 0 fully saturated rings. The van der Waals surface area contributed by atoms with Crippen LogP contribution >= 0.6 is 0 Å². The van der Waals surface area contributed by atoms with Crippen LogP contribution in [0.5, 0.6) is 0 Å². The maximum absolute atomic E-state index is 5.36. The van der Waals surface area contributed by atoms with Crippen LogP contribution in [0.1, 0.15) is 35.6 Å². The monoisotopic (exact) mass is 265 g/mol. The molecule has 0 aliphatic carbocycles. The summed E-state index contributed by atoms with van der Waals surface area (Å²) >= 11 is 0. The lowest BCUT2D eigenvalue weighted by atomic mass is 9.98. The molecule has 0 aliphatic rings. The Morgan fingerprint density at radius 2 is 2.05 bits per heavy atom. The van der Waals surface area contributed by atoms with Gasteiger partial charge in [-0.15, -0.1) is 6.42 Å². The summed E-state index contributed by atoms with van der Waals surface area (Å²) in [7, 11) is 0. The van der Waals surface area contributed by atoms with Gasteiger partial charge in [0.05, 0.1) is 0 Å². The molecule has 1 aromatic rings. The predicted molar refractivity (Wildman–Crippen MR) is 89.2 cm³/mol. The molecule has 0 atom stereocenters. The maximum atomic E-state index is 5.36. The molecular formula is C19H23N. The van der Waals surface area contributed by atoms with E-state index in [0.717, 1.165) is 23.4 Å². The highest BCUT2D eigenvalue weighted by molar-refractivity contribution is 5.68. The van der Waals surface area contributed by atoms with Crippen molar-refractivity contribution in [1.82, 2.24) is 5.32 Å². The van der Waals surface area contributed by atoms with Crippen molar-refractivity contribution < 1.29 is 0 Å². The van der Waals surface area contributed by atoms with Gasteiger partial charge in [-0.3, -0.25) is 0 Å². The second-order valence-corrected chi connectivity index (χ2v) is 4.93. The summed E-state index contributed by atoms with van der Waals surface area (Å²) in [5, 5.41) is 3.30. The number of allylic oxidation sites excluding steroid dienone is 3. The summed E-state index contributed by atoms with van der Waals surface area (Å²) < 4.78 is 0. The van der Waals surface area contributed by atoms with E-state index < -0.39 is 0 Å². The van der Waals surface area contributed by atoms with Gasteiger partial charge in [0.15, 0.2) is 0 Å². The molecule has 1 rings (SSSR count). The van der Waals surface area contributed by atoms with Gasteiger partial charge in [0.1, 0.15) is 0 Å². The van der Waals surface area contributed by atoms with Crippen LogP contribution in [-0.4, -0.2) is 0 Å². The Hall–Kier alpha value is -2.20. The number of nitrogens with one attached hydrogen (secondary N) is 1. The van der Waals surface area contributed by atoms with Crippen molar-refractivity contribution in [3.05, 3.63) is 64.9 Å². The van der Waals surface area contributed by atoms with Crippen LogP contribution in [0.15, 0.2) is 42.6 Å². The third-order valence-corrected chi connectivity index (χ3v) is 3.20. The molecule has 1 N–H and O–H groups in total. The molecule has 0 aliphatic heterocycles. The molecule has 1 heteroatoms. The lowest BCUT2D eigenvalue weighted by Gasteiger charge is -2.15. The number of rotatable bonds is 5. The van der Waals surface area contributed by atoms with E-state index in [1.165, 1.54) is 16.7 Å². The van der Waals surface area contributed by atoms with Crippen molar-refractivity contribution in [3.63, 3.8) is 0 Å². The number of hydrogen-bond donors (Lipinski definition) is 1. The van der Waals surface area contributed by atoms with Crippen LogP contribution in [-0.2, 0) is 0 Å². The molecule has 0 saturated carbocycles. The minimum atomic E-state index is 0.872. The Labute approximate surface area is 123 Å². The average Bonchev–Trinajstić information content (AvgIpc) is 2.40. The normalized spacial score (nSPS) is 11.4. The fraction of sp³-hybridized carbons (Fsp3) is 0.263. The summed E-state index contributed by atoms with van der Waals surface area (Å²) in [6.45, 7) is 12.6. The molecule has 0 amide bonds. The Morgan fingerprint density at radius 3 is 2.65 bits per heavy atom. The van der Waals surface area contributed by atoms with Crippen LogP contribution in [0.4, 0.5) is 0 Å². The van der Waals surface area contributed by atoms with Crippen LogP contribution in [0.2, 0.25) is 0 Å². The van der Waals surface area contributed by atoms with E-state index in [4.69, 9.17) is 6.42 Å². The lowest BCUT2D eigenvalue weighted by molar-refractivity contribution is 1.11. The number of terminal acetylenes is 1. The van der Waals surface area contributed by atoms with Crippen LogP contribution < -0.4 is 5.32 Å². The van der Waals surface area contributed by atoms with Gasteiger partial charge in [0.25, 0.3) is 0 Å². The second-order valence-electron chi connectivity index (χ2n) is 4.93. The standard InChI is InChI=1S/C19H23N/c1-7-9-11-18(10-8-2)20-17(6)19-13-14(3)12-15(4)16(19)5/h2,9-13,20H,6-7H2,1,3-5H3/b11-9-,18-10+. The molecule has 0 unspecified atom stereocenters. The van der Waals surface area contributed by atoms with E-state index in [1.807, 2.05) is 6.08 Å². The highest BCUT2D eigenvalue weighted by Gasteiger charge is 2.07. The zero-order valence-corrected chi connectivity index (χ0v) is 12.9. The van der Waals surface area contributed by atoms with Gasteiger partial charge in [-0.25, -0.2) is 0 Å². The van der Waals surface area contributed by atoms with E-state index in [-0.39, 0.29) is 0 Å². The molecular weight excluding hydrogens is 242 g/mol. The Kier molecular flexibility index (Phi) is 5.87. The molecule has 0 radical (unpaired) electrons. The fourth-order valence-electron chi connectivity index (χ4n) is 2.06. The van der Waals surface area contributed by atoms with E-state index in [0.29, 0.717) is 0 Å². The molecule has 104 valence electrons. The van der Waals surface area contributed by atoms with Crippen molar-refractivity contribution in [2.24, 2.45) is 0 Å². The molecule has 0 spiro atoms. The molecule has 0 heterocycles. The van der Waals surface area contributed by atoms with Gasteiger partial charge in [0, 0.05) is 23.0 Å². The highest BCUT2D eigenvalue weighted by atomic mass is 14.9. The summed E-state index contributed by atoms with van der Waals surface area (Å²) in [6.07, 6.45) is 12.1. The third-order valence-electron chi connectivity index (χ3n) is 3.20. The summed E-state index contributed by atoms with van der Waals surface area (Å²) in [6, 6.07) is 4.33. The van der Waals surface area contributed by atoms with Crippen LogP contribution in [0.3, 0.4) is 0 Å². The maximum Gasteiger partial charge on any atom is 0.0465 e. The predicted octanol–water partition coefficient (Wildman–Crippen LogP) is 4.66. The van der Waals surface area contributed by atoms with Gasteiger partial charge < -0.3 is 5.32 Å². The SMILES string of the molecule is C#C/C=C(\C=C/CC)NC(=C)c1cc(C)cc(C)c1C. The highest BCUT2D eigenvalue weighted by Crippen LogP contribution is 2.21. The zero-order valence-electron chi connectivity index (χ0n) is 12.9. The van der Waals surface area contributed by atoms with Crippen LogP contribution in [0, 0.1) is 33.1 Å². The molecule has 0 aromatic heterocycles. The number of benzene rings is 1. The lowest BCUT2D eigenvalue weighted by Crippen LogP contribution is -2.11. The first-order valence-corrected chi connectivity index (χ1v) is 6.86. The van der Waals surface area contributed by atoms with E-state index in [9.17, 15) is 0 Å². The summed E-state index contributed by atoms with van der Waals surface area (Å²) in [5.41, 5.74) is 6.64. The minimum absolute atomic E-state index is 0.872. The smallest absolute Gasteiger partial charge is 0.0465 e. The topological polar surface area (TPSA) is 12.0 Å². The Bertz CT molecular complexity index is 595. The number of hydrogen-bond acceptors (Lipinski definition) is 1. The fourth-order valence-corrected chi connectivity index (χ4v) is 2.06. The second kappa shape index (κ2) is 7.40. The largest absolute Gasteiger partial charge is 0.355 e. The van der Waals surface area contributed by atoms with Gasteiger partial charge in [-0.2, -0.15) is 0 Å². The third kappa shape index (κ3) is 4.17. The van der Waals surface area contributed by atoms with E-state index >= 15 is 0 Å². The molecule has 0 bridgehead atoms. The quantitative estimate of drug-likeness (QED) is 0.603. The minimum Gasteiger partial charge on any atom is -0.355 e. The van der Waals surface area contributed by atoms with Crippen molar-refractivity contribution in [2.45, 2.75) is 34.1 Å². The first-order chi connectivity index (χ1) is 9.49. The molecule has 1 nitrogen and oxygen atoms in total. The van der Waals surface area contributed by atoms with E-state index in [1.54, 1.807) is 6.08 Å².